The van der Waals surface area contributed by atoms with Crippen LogP contribution in [0.25, 0.3) is 11.1 Å². The molecule has 0 aromatic heterocycles. The minimum Gasteiger partial charge on any atom is -0.372 e. The largest absolute Gasteiger partial charge is 0.372 e. The Hall–Kier alpha value is -3.11. The number of halogens is 1. The molecule has 0 spiro atoms. The zero-order valence-electron chi connectivity index (χ0n) is 15.8. The molecule has 0 radical (unpaired) electrons. The summed E-state index contributed by atoms with van der Waals surface area (Å²) < 4.78 is 0. The molecule has 1 heterocycles. The highest BCUT2D eigenvalue weighted by molar-refractivity contribution is 6.31. The smallest absolute Gasteiger partial charge is 0.0899 e. The zero-order chi connectivity index (χ0) is 19.5. The number of rotatable bonds is 3. The van der Waals surface area contributed by atoms with Gasteiger partial charge >= 0.3 is 0 Å². The van der Waals surface area contributed by atoms with Crippen molar-refractivity contribution in [3.63, 3.8) is 0 Å². The molecule has 2 aromatic rings. The van der Waals surface area contributed by atoms with Gasteiger partial charge in [0, 0.05) is 23.9 Å². The molecular weight excluding hydrogens is 368 g/mol. The summed E-state index contributed by atoms with van der Waals surface area (Å²) in [6, 6.07) is 12.3. The third kappa shape index (κ3) is 3.78. The molecule has 2 N–H and O–H groups in total. The van der Waals surface area contributed by atoms with Gasteiger partial charge in [0.2, 0.25) is 0 Å². The number of benzene rings is 2. The molecule has 5 heteroatoms. The van der Waals surface area contributed by atoms with E-state index in [1.54, 1.807) is 7.05 Å². The van der Waals surface area contributed by atoms with Gasteiger partial charge in [0.05, 0.1) is 23.1 Å². The molecule has 2 aliphatic rings. The van der Waals surface area contributed by atoms with Crippen LogP contribution in [-0.4, -0.2) is 25.0 Å². The van der Waals surface area contributed by atoms with Crippen LogP contribution in [0, 0.1) is 6.92 Å². The summed E-state index contributed by atoms with van der Waals surface area (Å²) in [6.45, 7) is 2.01. The maximum atomic E-state index is 6.30. The predicted octanol–water partition coefficient (Wildman–Crippen LogP) is 5.44. The second-order valence-electron chi connectivity index (χ2n) is 6.71. The van der Waals surface area contributed by atoms with E-state index in [-0.39, 0.29) is 6.04 Å². The van der Waals surface area contributed by atoms with E-state index in [0.717, 1.165) is 44.4 Å². The number of nitrogens with zero attached hydrogens (tertiary/aromatic N) is 2. The van der Waals surface area contributed by atoms with E-state index in [1.807, 2.05) is 55.6 Å². The number of hydrazone groups is 1. The summed E-state index contributed by atoms with van der Waals surface area (Å²) in [7, 11) is 1.80. The molecule has 1 aliphatic heterocycles. The Labute approximate surface area is 170 Å². The Morgan fingerprint density at radius 3 is 2.71 bits per heavy atom. The molecule has 0 fully saturated rings. The fourth-order valence-corrected chi connectivity index (χ4v) is 3.40. The number of aliphatic imine (C=N–C) groups is 1. The summed E-state index contributed by atoms with van der Waals surface area (Å²) >= 11 is 6.30. The van der Waals surface area contributed by atoms with Crippen LogP contribution in [0.3, 0.4) is 0 Å². The summed E-state index contributed by atoms with van der Waals surface area (Å²) in [4.78, 5) is 4.62. The lowest BCUT2D eigenvalue weighted by atomic mass is 10.0. The molecule has 2 aromatic carbocycles. The van der Waals surface area contributed by atoms with Crippen LogP contribution in [0.1, 0.15) is 5.56 Å². The van der Waals surface area contributed by atoms with E-state index < -0.39 is 0 Å². The van der Waals surface area contributed by atoms with Crippen LogP contribution in [0.5, 0.6) is 0 Å². The third-order valence-electron chi connectivity index (χ3n) is 4.73. The lowest BCUT2D eigenvalue weighted by Crippen LogP contribution is -2.23. The minimum absolute atomic E-state index is 0.0161. The highest BCUT2D eigenvalue weighted by Crippen LogP contribution is 2.34. The van der Waals surface area contributed by atoms with Gasteiger partial charge in [-0.1, -0.05) is 48.0 Å². The van der Waals surface area contributed by atoms with Crippen molar-refractivity contribution in [1.29, 1.82) is 0 Å². The molecule has 0 bridgehead atoms. The fraction of sp³-hybridized carbons (Fsp3) is 0.130. The Morgan fingerprint density at radius 1 is 1.11 bits per heavy atom. The Bertz CT molecular complexity index is 1060. The van der Waals surface area contributed by atoms with E-state index >= 15 is 0 Å². The number of anilines is 1. The standard InChI is InChI=1S/C23H21ClN4/c1-15-7-8-16(12-20(15)24)17-9-10-22-23(13-17)27-19(14-26-22)11-18-5-3-4-6-21(18)28-25-2/h3-14,19,25,27H,1-2H3/b18-11+,28-21-. The first kappa shape index (κ1) is 18.3. The first-order valence-electron chi connectivity index (χ1n) is 9.17. The third-order valence-corrected chi connectivity index (χ3v) is 5.13. The summed E-state index contributed by atoms with van der Waals surface area (Å²) in [5, 5.41) is 8.65. The van der Waals surface area contributed by atoms with Crippen LogP contribution in [0.15, 0.2) is 82.4 Å². The van der Waals surface area contributed by atoms with E-state index in [1.165, 1.54) is 0 Å². The molecule has 4 nitrogen and oxygen atoms in total. The highest BCUT2D eigenvalue weighted by atomic mass is 35.5. The van der Waals surface area contributed by atoms with Gasteiger partial charge in [-0.3, -0.25) is 4.99 Å². The van der Waals surface area contributed by atoms with Gasteiger partial charge in [0.1, 0.15) is 0 Å². The van der Waals surface area contributed by atoms with Crippen molar-refractivity contribution in [3.05, 3.63) is 82.9 Å². The number of hydrogen-bond donors (Lipinski definition) is 2. The SMILES string of the molecule is CN/N=C1/C=CC=C/C1=C\C1C=Nc2ccc(-c3ccc(C)c(Cl)c3)cc2N1. The topological polar surface area (TPSA) is 48.8 Å². The summed E-state index contributed by atoms with van der Waals surface area (Å²) in [5.74, 6) is 0. The van der Waals surface area contributed by atoms with Crippen molar-refractivity contribution in [2.75, 3.05) is 12.4 Å². The van der Waals surface area contributed by atoms with Crippen LogP contribution >= 0.6 is 11.6 Å². The number of nitrogens with one attached hydrogen (secondary N) is 2. The maximum absolute atomic E-state index is 6.30. The average molecular weight is 389 g/mol. The molecule has 0 amide bonds. The van der Waals surface area contributed by atoms with Crippen LogP contribution in [0.2, 0.25) is 5.02 Å². The predicted molar refractivity (Wildman–Crippen MR) is 120 cm³/mol. The van der Waals surface area contributed by atoms with Crippen LogP contribution < -0.4 is 10.7 Å². The van der Waals surface area contributed by atoms with Gasteiger partial charge in [-0.15, -0.1) is 0 Å². The van der Waals surface area contributed by atoms with Crippen molar-refractivity contribution in [2.45, 2.75) is 13.0 Å². The van der Waals surface area contributed by atoms with Gasteiger partial charge in [-0.05, 0) is 54.0 Å². The fourth-order valence-electron chi connectivity index (χ4n) is 3.22. The van der Waals surface area contributed by atoms with Gasteiger partial charge in [0.25, 0.3) is 0 Å². The van der Waals surface area contributed by atoms with Crippen molar-refractivity contribution < 1.29 is 0 Å². The summed E-state index contributed by atoms with van der Waals surface area (Å²) in [5.41, 5.74) is 10.00. The van der Waals surface area contributed by atoms with Gasteiger partial charge in [0.15, 0.2) is 0 Å². The number of fused-ring (bicyclic) bond motifs is 1. The lowest BCUT2D eigenvalue weighted by molar-refractivity contribution is 0.902. The van der Waals surface area contributed by atoms with Crippen molar-refractivity contribution >= 4 is 34.9 Å². The number of allylic oxidation sites excluding steroid dienone is 5. The monoisotopic (exact) mass is 388 g/mol. The van der Waals surface area contributed by atoms with E-state index in [4.69, 9.17) is 11.6 Å². The number of aryl methyl sites for hydroxylation is 1. The number of hydrogen-bond acceptors (Lipinski definition) is 4. The second-order valence-corrected chi connectivity index (χ2v) is 7.11. The van der Waals surface area contributed by atoms with E-state index in [0.29, 0.717) is 0 Å². The average Bonchev–Trinajstić information content (AvgIpc) is 2.71. The van der Waals surface area contributed by atoms with Crippen LogP contribution in [0.4, 0.5) is 11.4 Å². The molecule has 28 heavy (non-hydrogen) atoms. The first-order chi connectivity index (χ1) is 13.6. The van der Waals surface area contributed by atoms with Gasteiger partial charge in [-0.25, -0.2) is 0 Å². The van der Waals surface area contributed by atoms with Crippen molar-refractivity contribution in [1.82, 2.24) is 5.43 Å². The molecule has 140 valence electrons. The Kier molecular flexibility index (Phi) is 5.13. The van der Waals surface area contributed by atoms with Gasteiger partial charge in [-0.2, -0.15) is 5.10 Å². The maximum Gasteiger partial charge on any atom is 0.0899 e. The minimum atomic E-state index is -0.0161. The Balaban J connectivity index is 1.62. The molecule has 1 aliphatic carbocycles. The van der Waals surface area contributed by atoms with Crippen molar-refractivity contribution in [3.8, 4) is 11.1 Å². The van der Waals surface area contributed by atoms with E-state index in [2.05, 4.69) is 45.1 Å². The van der Waals surface area contributed by atoms with E-state index in [9.17, 15) is 0 Å². The first-order valence-corrected chi connectivity index (χ1v) is 9.54. The quantitative estimate of drug-likeness (QED) is 0.688. The molecule has 1 unspecified atom stereocenters. The van der Waals surface area contributed by atoms with Gasteiger partial charge < -0.3 is 10.7 Å². The Morgan fingerprint density at radius 2 is 1.89 bits per heavy atom. The molecular formula is C23H21ClN4. The molecule has 1 atom stereocenters. The normalized spacial score (nSPS) is 20.3. The lowest BCUT2D eigenvalue weighted by Gasteiger charge is -2.21. The zero-order valence-corrected chi connectivity index (χ0v) is 16.5. The molecule has 0 saturated heterocycles. The molecule has 0 saturated carbocycles. The summed E-state index contributed by atoms with van der Waals surface area (Å²) in [6.07, 6.45) is 12.1. The van der Waals surface area contributed by atoms with Crippen LogP contribution in [-0.2, 0) is 0 Å². The highest BCUT2D eigenvalue weighted by Gasteiger charge is 2.15. The molecule has 4 rings (SSSR count). The van der Waals surface area contributed by atoms with Crippen molar-refractivity contribution in [2.24, 2.45) is 10.1 Å². The second kappa shape index (κ2) is 7.87.